The number of aryl methyl sites for hydroxylation is 1. The normalized spacial score (nSPS) is 12.8. The van der Waals surface area contributed by atoms with Crippen LogP contribution in [0.3, 0.4) is 0 Å². The second-order valence-corrected chi connectivity index (χ2v) is 4.73. The standard InChI is InChI=1S/C12H19N3S/c1-9-5-4-6-11(14-9)8-15(3)10(2)7-12(13)16/h4-6,10H,7-8H2,1-3H3,(H2,13,16). The summed E-state index contributed by atoms with van der Waals surface area (Å²) in [5.74, 6) is 0. The molecule has 0 aliphatic heterocycles. The minimum absolute atomic E-state index is 0.347. The molecule has 1 heterocycles. The van der Waals surface area contributed by atoms with Crippen LogP contribution >= 0.6 is 12.2 Å². The number of pyridine rings is 1. The molecule has 2 N–H and O–H groups in total. The van der Waals surface area contributed by atoms with E-state index >= 15 is 0 Å². The number of nitrogens with two attached hydrogens (primary N) is 1. The second-order valence-electron chi connectivity index (χ2n) is 4.20. The molecule has 1 aromatic rings. The molecule has 1 unspecified atom stereocenters. The molecule has 0 saturated carbocycles. The lowest BCUT2D eigenvalue weighted by molar-refractivity contribution is 0.252. The van der Waals surface area contributed by atoms with Crippen LogP contribution in [-0.2, 0) is 6.54 Å². The summed E-state index contributed by atoms with van der Waals surface area (Å²) in [4.78, 5) is 7.24. The average Bonchev–Trinajstić information content (AvgIpc) is 2.16. The highest BCUT2D eigenvalue weighted by Crippen LogP contribution is 2.07. The van der Waals surface area contributed by atoms with E-state index in [0.29, 0.717) is 11.0 Å². The van der Waals surface area contributed by atoms with Gasteiger partial charge >= 0.3 is 0 Å². The van der Waals surface area contributed by atoms with Gasteiger partial charge < -0.3 is 5.73 Å². The Hall–Kier alpha value is -1.00. The summed E-state index contributed by atoms with van der Waals surface area (Å²) in [5.41, 5.74) is 7.67. The maximum atomic E-state index is 5.54. The lowest BCUT2D eigenvalue weighted by atomic mass is 10.2. The number of nitrogens with zero attached hydrogens (tertiary/aromatic N) is 2. The summed E-state index contributed by atoms with van der Waals surface area (Å²) in [6.07, 6.45) is 0.748. The summed E-state index contributed by atoms with van der Waals surface area (Å²) < 4.78 is 0. The van der Waals surface area contributed by atoms with Crippen molar-refractivity contribution >= 4 is 17.2 Å². The third-order valence-corrected chi connectivity index (χ3v) is 2.77. The first-order chi connectivity index (χ1) is 7.49. The van der Waals surface area contributed by atoms with Crippen LogP contribution in [0.15, 0.2) is 18.2 Å². The minimum Gasteiger partial charge on any atom is -0.393 e. The van der Waals surface area contributed by atoms with Gasteiger partial charge in [-0.25, -0.2) is 0 Å². The molecule has 3 nitrogen and oxygen atoms in total. The van der Waals surface area contributed by atoms with Gasteiger partial charge in [-0.15, -0.1) is 0 Å². The van der Waals surface area contributed by atoms with Crippen molar-refractivity contribution in [1.29, 1.82) is 0 Å². The molecule has 0 saturated heterocycles. The second kappa shape index (κ2) is 5.92. The predicted octanol–water partition coefficient (Wildman–Crippen LogP) is 1.89. The molecule has 1 atom stereocenters. The first-order valence-corrected chi connectivity index (χ1v) is 5.81. The van der Waals surface area contributed by atoms with Crippen LogP contribution in [-0.4, -0.2) is 28.0 Å². The van der Waals surface area contributed by atoms with Gasteiger partial charge in [-0.2, -0.15) is 0 Å². The maximum absolute atomic E-state index is 5.54. The predicted molar refractivity (Wildman–Crippen MR) is 71.3 cm³/mol. The van der Waals surface area contributed by atoms with E-state index in [1.165, 1.54) is 0 Å². The fourth-order valence-electron chi connectivity index (χ4n) is 1.55. The van der Waals surface area contributed by atoms with Gasteiger partial charge in [0.2, 0.25) is 0 Å². The Kier molecular flexibility index (Phi) is 4.83. The van der Waals surface area contributed by atoms with Gasteiger partial charge in [-0.1, -0.05) is 18.3 Å². The molecule has 0 spiro atoms. The quantitative estimate of drug-likeness (QED) is 0.794. The molecule has 0 bridgehead atoms. The van der Waals surface area contributed by atoms with Gasteiger partial charge in [0.15, 0.2) is 0 Å². The van der Waals surface area contributed by atoms with Crippen molar-refractivity contribution in [2.24, 2.45) is 5.73 Å². The van der Waals surface area contributed by atoms with Crippen LogP contribution in [0.4, 0.5) is 0 Å². The van der Waals surface area contributed by atoms with E-state index in [9.17, 15) is 0 Å². The van der Waals surface area contributed by atoms with Crippen LogP contribution in [0.25, 0.3) is 0 Å². The molecule has 0 amide bonds. The molecule has 1 aromatic heterocycles. The topological polar surface area (TPSA) is 42.1 Å². The minimum atomic E-state index is 0.347. The van der Waals surface area contributed by atoms with Crippen molar-refractivity contribution in [3.63, 3.8) is 0 Å². The highest BCUT2D eigenvalue weighted by molar-refractivity contribution is 7.80. The van der Waals surface area contributed by atoms with E-state index in [1.54, 1.807) is 0 Å². The van der Waals surface area contributed by atoms with E-state index in [-0.39, 0.29) is 0 Å². The number of aromatic nitrogens is 1. The van der Waals surface area contributed by atoms with Crippen molar-refractivity contribution in [2.45, 2.75) is 32.9 Å². The molecule has 16 heavy (non-hydrogen) atoms. The Balaban J connectivity index is 2.56. The van der Waals surface area contributed by atoms with E-state index in [4.69, 9.17) is 18.0 Å². The highest BCUT2D eigenvalue weighted by atomic mass is 32.1. The number of hydrogen-bond acceptors (Lipinski definition) is 3. The van der Waals surface area contributed by atoms with Gasteiger partial charge in [0, 0.05) is 24.7 Å². The SMILES string of the molecule is Cc1cccc(CN(C)C(C)CC(N)=S)n1. The van der Waals surface area contributed by atoms with Crippen molar-refractivity contribution in [2.75, 3.05) is 7.05 Å². The molecule has 0 aliphatic rings. The van der Waals surface area contributed by atoms with E-state index in [1.807, 2.05) is 25.1 Å². The Labute approximate surface area is 103 Å². The van der Waals surface area contributed by atoms with Gasteiger partial charge in [0.25, 0.3) is 0 Å². The summed E-state index contributed by atoms with van der Waals surface area (Å²) >= 11 is 4.91. The van der Waals surface area contributed by atoms with Crippen LogP contribution in [0.5, 0.6) is 0 Å². The van der Waals surface area contributed by atoms with E-state index < -0.39 is 0 Å². The molecular formula is C12H19N3S. The van der Waals surface area contributed by atoms with E-state index in [0.717, 1.165) is 24.4 Å². The molecular weight excluding hydrogens is 218 g/mol. The zero-order chi connectivity index (χ0) is 12.1. The zero-order valence-corrected chi connectivity index (χ0v) is 10.9. The lowest BCUT2D eigenvalue weighted by Gasteiger charge is -2.23. The molecule has 4 heteroatoms. The molecule has 0 aliphatic carbocycles. The first-order valence-electron chi connectivity index (χ1n) is 5.40. The number of rotatable bonds is 5. The molecule has 0 radical (unpaired) electrons. The van der Waals surface area contributed by atoms with Crippen LogP contribution in [0.2, 0.25) is 0 Å². The summed E-state index contributed by atoms with van der Waals surface area (Å²) in [7, 11) is 2.06. The molecule has 88 valence electrons. The number of thiocarbonyl (C=S) groups is 1. The van der Waals surface area contributed by atoms with Crippen molar-refractivity contribution in [3.8, 4) is 0 Å². The van der Waals surface area contributed by atoms with Crippen molar-refractivity contribution in [1.82, 2.24) is 9.88 Å². The third kappa shape index (κ3) is 4.24. The summed E-state index contributed by atoms with van der Waals surface area (Å²) in [6.45, 7) is 4.95. The Bertz CT molecular complexity index is 365. The average molecular weight is 237 g/mol. The monoisotopic (exact) mass is 237 g/mol. The molecule has 0 fully saturated rings. The Morgan fingerprint density at radius 3 is 2.81 bits per heavy atom. The maximum Gasteiger partial charge on any atom is 0.0742 e. The smallest absolute Gasteiger partial charge is 0.0742 e. The molecule has 1 rings (SSSR count). The fraction of sp³-hybridized carbons (Fsp3) is 0.500. The zero-order valence-electron chi connectivity index (χ0n) is 10.1. The largest absolute Gasteiger partial charge is 0.393 e. The fourth-order valence-corrected chi connectivity index (χ4v) is 1.79. The summed E-state index contributed by atoms with van der Waals surface area (Å²) in [5, 5.41) is 0. The molecule has 0 aromatic carbocycles. The van der Waals surface area contributed by atoms with Crippen LogP contribution in [0, 0.1) is 6.92 Å². The van der Waals surface area contributed by atoms with Crippen LogP contribution in [0.1, 0.15) is 24.7 Å². The Morgan fingerprint density at radius 1 is 1.56 bits per heavy atom. The third-order valence-electron chi connectivity index (χ3n) is 2.61. The Morgan fingerprint density at radius 2 is 2.25 bits per heavy atom. The van der Waals surface area contributed by atoms with Crippen LogP contribution < -0.4 is 5.73 Å². The van der Waals surface area contributed by atoms with E-state index in [2.05, 4.69) is 23.9 Å². The van der Waals surface area contributed by atoms with Crippen molar-refractivity contribution in [3.05, 3.63) is 29.6 Å². The van der Waals surface area contributed by atoms with Gasteiger partial charge in [-0.05, 0) is 33.0 Å². The van der Waals surface area contributed by atoms with Gasteiger partial charge in [0.05, 0.1) is 10.7 Å². The lowest BCUT2D eigenvalue weighted by Crippen LogP contribution is -2.32. The van der Waals surface area contributed by atoms with Gasteiger partial charge in [0.1, 0.15) is 0 Å². The highest BCUT2D eigenvalue weighted by Gasteiger charge is 2.11. The summed E-state index contributed by atoms with van der Waals surface area (Å²) in [6, 6.07) is 6.42. The first kappa shape index (κ1) is 13.1. The number of hydrogen-bond donors (Lipinski definition) is 1. The van der Waals surface area contributed by atoms with Gasteiger partial charge in [-0.3, -0.25) is 9.88 Å². The van der Waals surface area contributed by atoms with Crippen molar-refractivity contribution < 1.29 is 0 Å².